The quantitative estimate of drug-likeness (QED) is 0.728. The summed E-state index contributed by atoms with van der Waals surface area (Å²) in [5, 5.41) is 0. The van der Waals surface area contributed by atoms with Crippen molar-refractivity contribution < 1.29 is 13.2 Å². The van der Waals surface area contributed by atoms with Gasteiger partial charge < -0.3 is 16.5 Å². The van der Waals surface area contributed by atoms with E-state index in [0.29, 0.717) is 21.3 Å². The molecule has 0 spiro atoms. The molecule has 10 heteroatoms. The molecule has 1 saturated heterocycles. The van der Waals surface area contributed by atoms with Crippen molar-refractivity contribution in [1.82, 2.24) is 9.08 Å². The van der Waals surface area contributed by atoms with Gasteiger partial charge in [-0.25, -0.2) is 18.0 Å². The van der Waals surface area contributed by atoms with Gasteiger partial charge in [0.1, 0.15) is 12.3 Å². The Balaban J connectivity index is 1.68. The van der Waals surface area contributed by atoms with E-state index in [1.54, 1.807) is 6.92 Å². The zero-order chi connectivity index (χ0) is 20.8. The van der Waals surface area contributed by atoms with E-state index in [1.165, 1.54) is 4.90 Å². The van der Waals surface area contributed by atoms with Crippen LogP contribution in [0.25, 0.3) is 5.52 Å². The summed E-state index contributed by atoms with van der Waals surface area (Å²) in [4.78, 5) is 26.6. The molecule has 7 nitrogen and oxygen atoms in total. The molecule has 4 atom stereocenters. The molecule has 0 radical (unpaired) electrons. The maximum absolute atomic E-state index is 15.1. The molecule has 0 bridgehead atoms. The number of hydrogen-bond donors (Lipinski definition) is 2. The number of anilines is 1. The number of hydrogen-bond acceptors (Lipinski definition) is 5. The van der Waals surface area contributed by atoms with Gasteiger partial charge in [-0.05, 0) is 25.7 Å². The van der Waals surface area contributed by atoms with Crippen molar-refractivity contribution in [2.24, 2.45) is 11.7 Å². The van der Waals surface area contributed by atoms with E-state index >= 15 is 4.39 Å². The first kappa shape index (κ1) is 18.5. The standard InChI is InChI=1S/C19H22F3N5O2/c1-8-15(25-5-10(11(20)6-25)19(23)4-13(19)22)12(21)7-26-16(8)14(9-2-3-9)17(28)27(24)18(26)29/h7,9-11,13H,2-6,23-24H2,1H3. The Labute approximate surface area is 163 Å². The average molecular weight is 409 g/mol. The molecule has 2 aromatic heterocycles. The second kappa shape index (κ2) is 5.78. The number of nitrogens with zero attached hydrogens (tertiary/aromatic N) is 3. The number of alkyl halides is 2. The summed E-state index contributed by atoms with van der Waals surface area (Å²) in [7, 11) is 0. The lowest BCUT2D eigenvalue weighted by Gasteiger charge is -2.24. The minimum Gasteiger partial charge on any atom is -0.365 e. The third-order valence-electron chi connectivity index (χ3n) is 6.73. The summed E-state index contributed by atoms with van der Waals surface area (Å²) in [6.07, 6.45) is 0.00187. The second-order valence-corrected chi connectivity index (χ2v) is 8.63. The minimum atomic E-state index is -1.39. The Morgan fingerprint density at radius 3 is 2.45 bits per heavy atom. The largest absolute Gasteiger partial charge is 0.365 e. The van der Waals surface area contributed by atoms with Gasteiger partial charge in [-0.2, -0.15) is 4.68 Å². The fourth-order valence-electron chi connectivity index (χ4n) is 4.84. The molecule has 4 unspecified atom stereocenters. The van der Waals surface area contributed by atoms with Crippen molar-refractivity contribution in [2.75, 3.05) is 23.8 Å². The van der Waals surface area contributed by atoms with Gasteiger partial charge in [0.25, 0.3) is 5.56 Å². The van der Waals surface area contributed by atoms with Crippen molar-refractivity contribution in [3.8, 4) is 0 Å². The number of halogens is 3. The van der Waals surface area contributed by atoms with Crippen LogP contribution in [0.2, 0.25) is 0 Å². The Kier molecular flexibility index (Phi) is 3.69. The topological polar surface area (TPSA) is 98.8 Å². The maximum atomic E-state index is 15.1. The minimum absolute atomic E-state index is 0.0452. The lowest BCUT2D eigenvalue weighted by molar-refractivity contribution is 0.223. The zero-order valence-corrected chi connectivity index (χ0v) is 15.9. The highest BCUT2D eigenvalue weighted by Gasteiger charge is 2.61. The van der Waals surface area contributed by atoms with Crippen LogP contribution in [0, 0.1) is 18.7 Å². The van der Waals surface area contributed by atoms with Gasteiger partial charge in [0.05, 0.1) is 22.9 Å². The highest BCUT2D eigenvalue weighted by atomic mass is 19.1. The van der Waals surface area contributed by atoms with E-state index in [0.717, 1.165) is 23.4 Å². The predicted molar refractivity (Wildman–Crippen MR) is 102 cm³/mol. The molecule has 4 N–H and O–H groups in total. The van der Waals surface area contributed by atoms with E-state index < -0.39 is 40.9 Å². The molecule has 2 aliphatic carbocycles. The number of nitrogens with two attached hydrogens (primary N) is 2. The van der Waals surface area contributed by atoms with Crippen LogP contribution in [0.4, 0.5) is 18.9 Å². The monoisotopic (exact) mass is 409 g/mol. The van der Waals surface area contributed by atoms with Crippen LogP contribution in [0.1, 0.15) is 36.3 Å². The van der Waals surface area contributed by atoms with E-state index in [9.17, 15) is 18.4 Å². The lowest BCUT2D eigenvalue weighted by atomic mass is 9.95. The fourth-order valence-corrected chi connectivity index (χ4v) is 4.84. The van der Waals surface area contributed by atoms with Crippen LogP contribution >= 0.6 is 0 Å². The normalized spacial score (nSPS) is 31.6. The van der Waals surface area contributed by atoms with Gasteiger partial charge >= 0.3 is 5.69 Å². The van der Waals surface area contributed by atoms with E-state index in [4.69, 9.17) is 11.6 Å². The van der Waals surface area contributed by atoms with Crippen LogP contribution in [-0.2, 0) is 0 Å². The smallest absolute Gasteiger partial charge is 0.354 e. The summed E-state index contributed by atoms with van der Waals surface area (Å²) in [5.74, 6) is 4.10. The summed E-state index contributed by atoms with van der Waals surface area (Å²) in [6, 6.07) is 0. The first-order valence-electron chi connectivity index (χ1n) is 9.72. The summed E-state index contributed by atoms with van der Waals surface area (Å²) in [5.41, 5.74) is 4.51. The summed E-state index contributed by atoms with van der Waals surface area (Å²) >= 11 is 0. The Morgan fingerprint density at radius 2 is 1.86 bits per heavy atom. The number of aryl methyl sites for hydroxylation is 1. The molecule has 156 valence electrons. The summed E-state index contributed by atoms with van der Waals surface area (Å²) in [6.45, 7) is 1.55. The van der Waals surface area contributed by atoms with Gasteiger partial charge in [0.2, 0.25) is 0 Å². The highest BCUT2D eigenvalue weighted by molar-refractivity contribution is 5.73. The second-order valence-electron chi connectivity index (χ2n) is 8.63. The van der Waals surface area contributed by atoms with Crippen molar-refractivity contribution in [1.29, 1.82) is 0 Å². The SMILES string of the molecule is Cc1c(N2CC(F)C(C3(N)CC3F)C2)c(F)cn2c(=O)n(N)c(=O)c(C3CC3)c12. The first-order chi connectivity index (χ1) is 13.6. The Bertz CT molecular complexity index is 1160. The van der Waals surface area contributed by atoms with Crippen LogP contribution in [0.3, 0.4) is 0 Å². The first-order valence-corrected chi connectivity index (χ1v) is 9.72. The van der Waals surface area contributed by atoms with Crippen molar-refractivity contribution in [2.45, 2.75) is 50.0 Å². The highest BCUT2D eigenvalue weighted by Crippen LogP contribution is 2.48. The van der Waals surface area contributed by atoms with Gasteiger partial charge in [0, 0.05) is 36.6 Å². The number of fused-ring (bicyclic) bond motifs is 1. The van der Waals surface area contributed by atoms with Crippen molar-refractivity contribution in [3.63, 3.8) is 0 Å². The van der Waals surface area contributed by atoms with Crippen LogP contribution < -0.4 is 27.7 Å². The van der Waals surface area contributed by atoms with Gasteiger partial charge in [-0.3, -0.25) is 9.20 Å². The zero-order valence-electron chi connectivity index (χ0n) is 15.9. The van der Waals surface area contributed by atoms with E-state index in [2.05, 4.69) is 0 Å². The van der Waals surface area contributed by atoms with Gasteiger partial charge in [-0.1, -0.05) is 0 Å². The number of aromatic nitrogens is 2. The van der Waals surface area contributed by atoms with Crippen LogP contribution in [0.15, 0.2) is 15.8 Å². The molecule has 2 saturated carbocycles. The van der Waals surface area contributed by atoms with Gasteiger partial charge in [-0.15, -0.1) is 0 Å². The fraction of sp³-hybridized carbons (Fsp3) is 0.579. The molecule has 29 heavy (non-hydrogen) atoms. The van der Waals surface area contributed by atoms with Crippen LogP contribution in [0.5, 0.6) is 0 Å². The van der Waals surface area contributed by atoms with Crippen molar-refractivity contribution in [3.05, 3.63) is 44.0 Å². The molecule has 0 amide bonds. The molecule has 5 rings (SSSR count). The molecule has 2 aromatic rings. The van der Waals surface area contributed by atoms with Crippen LogP contribution in [-0.4, -0.2) is 40.0 Å². The third-order valence-corrected chi connectivity index (χ3v) is 6.73. The average Bonchev–Trinajstić information content (AvgIpc) is 3.55. The van der Waals surface area contributed by atoms with Crippen molar-refractivity contribution >= 4 is 11.2 Å². The molecular formula is C19H22F3N5O2. The lowest BCUT2D eigenvalue weighted by Crippen LogP contribution is -2.44. The predicted octanol–water partition coefficient (Wildman–Crippen LogP) is 0.714. The Morgan fingerprint density at radius 1 is 1.21 bits per heavy atom. The third kappa shape index (κ3) is 2.47. The number of rotatable bonds is 3. The van der Waals surface area contributed by atoms with Gasteiger partial charge in [0.15, 0.2) is 5.82 Å². The molecule has 3 heterocycles. The maximum Gasteiger partial charge on any atom is 0.354 e. The Hall–Kier alpha value is -2.49. The molecule has 3 aliphatic rings. The molecule has 0 aromatic carbocycles. The number of pyridine rings is 1. The number of nitrogen functional groups attached to an aromatic ring is 1. The molecule has 1 aliphatic heterocycles. The van der Waals surface area contributed by atoms with E-state index in [1.807, 2.05) is 0 Å². The molecule has 3 fully saturated rings. The molecular weight excluding hydrogens is 387 g/mol. The van der Waals surface area contributed by atoms with E-state index in [-0.39, 0.29) is 31.1 Å². The summed E-state index contributed by atoms with van der Waals surface area (Å²) < 4.78 is 45.0.